The third-order valence-electron chi connectivity index (χ3n) is 1.92. The summed E-state index contributed by atoms with van der Waals surface area (Å²) in [6, 6.07) is 9.70. The minimum absolute atomic E-state index is 0.443. The maximum atomic E-state index is 5.71. The molecular weight excluding hydrogens is 196 g/mol. The van der Waals surface area contributed by atoms with Crippen molar-refractivity contribution < 1.29 is 0 Å². The molecule has 0 radical (unpaired) electrons. The van der Waals surface area contributed by atoms with Gasteiger partial charge in [0.15, 0.2) is 0 Å². The first-order valence-electron chi connectivity index (χ1n) is 4.32. The monoisotopic (exact) mass is 204 g/mol. The van der Waals surface area contributed by atoms with E-state index in [1.807, 2.05) is 30.3 Å². The van der Waals surface area contributed by atoms with E-state index >= 15 is 0 Å². The molecule has 0 fully saturated rings. The van der Waals surface area contributed by atoms with E-state index in [1.165, 1.54) is 0 Å². The molecule has 2 rings (SSSR count). The molecule has 70 valence electrons. The standard InChI is InChI=1S/C11H9ClN2/c12-8-10-2-1-3-11(14-10)9-4-6-13-7-5-9/h1-7H,8H2. The summed E-state index contributed by atoms with van der Waals surface area (Å²) < 4.78 is 0. The summed E-state index contributed by atoms with van der Waals surface area (Å²) >= 11 is 5.71. The van der Waals surface area contributed by atoms with Crippen molar-refractivity contribution in [2.24, 2.45) is 0 Å². The van der Waals surface area contributed by atoms with Crippen LogP contribution in [0.15, 0.2) is 42.7 Å². The van der Waals surface area contributed by atoms with Crippen LogP contribution < -0.4 is 0 Å². The molecule has 0 saturated carbocycles. The van der Waals surface area contributed by atoms with Crippen molar-refractivity contribution in [3.63, 3.8) is 0 Å². The fraction of sp³-hybridized carbons (Fsp3) is 0.0909. The third kappa shape index (κ3) is 1.91. The normalized spacial score (nSPS) is 10.1. The number of rotatable bonds is 2. The Hall–Kier alpha value is -1.41. The molecule has 3 heteroatoms. The summed E-state index contributed by atoms with van der Waals surface area (Å²) in [5.74, 6) is 0.443. The van der Waals surface area contributed by atoms with Gasteiger partial charge in [-0.25, -0.2) is 0 Å². The number of alkyl halides is 1. The Morgan fingerprint density at radius 3 is 2.57 bits per heavy atom. The van der Waals surface area contributed by atoms with Gasteiger partial charge in [-0.1, -0.05) is 6.07 Å². The van der Waals surface area contributed by atoms with Crippen LogP contribution in [-0.2, 0) is 5.88 Å². The van der Waals surface area contributed by atoms with Crippen molar-refractivity contribution in [1.29, 1.82) is 0 Å². The molecule has 2 aromatic rings. The fourth-order valence-electron chi connectivity index (χ4n) is 1.24. The third-order valence-corrected chi connectivity index (χ3v) is 2.19. The Kier molecular flexibility index (Phi) is 2.75. The molecule has 0 amide bonds. The van der Waals surface area contributed by atoms with Crippen molar-refractivity contribution in [3.05, 3.63) is 48.4 Å². The van der Waals surface area contributed by atoms with Gasteiger partial charge in [0.25, 0.3) is 0 Å². The highest BCUT2D eigenvalue weighted by Crippen LogP contribution is 2.16. The predicted octanol–water partition coefficient (Wildman–Crippen LogP) is 2.88. The SMILES string of the molecule is ClCc1cccc(-c2ccncc2)n1. The average molecular weight is 205 g/mol. The van der Waals surface area contributed by atoms with Crippen LogP contribution in [0.2, 0.25) is 0 Å². The summed E-state index contributed by atoms with van der Waals surface area (Å²) in [5.41, 5.74) is 2.89. The van der Waals surface area contributed by atoms with Gasteiger partial charge >= 0.3 is 0 Å². The van der Waals surface area contributed by atoms with E-state index in [0.717, 1.165) is 17.0 Å². The first kappa shape index (κ1) is 9.16. The molecule has 0 atom stereocenters. The zero-order chi connectivity index (χ0) is 9.80. The molecule has 0 N–H and O–H groups in total. The fourth-order valence-corrected chi connectivity index (χ4v) is 1.39. The molecule has 2 nitrogen and oxygen atoms in total. The molecule has 0 bridgehead atoms. The molecule has 0 aliphatic carbocycles. The Morgan fingerprint density at radius 2 is 1.86 bits per heavy atom. The zero-order valence-corrected chi connectivity index (χ0v) is 8.28. The minimum atomic E-state index is 0.443. The molecular formula is C11H9ClN2. The van der Waals surface area contributed by atoms with Crippen LogP contribution in [0.1, 0.15) is 5.69 Å². The average Bonchev–Trinajstić information content (AvgIpc) is 2.30. The zero-order valence-electron chi connectivity index (χ0n) is 7.52. The largest absolute Gasteiger partial charge is 0.265 e. The van der Waals surface area contributed by atoms with Gasteiger partial charge in [0.2, 0.25) is 0 Å². The lowest BCUT2D eigenvalue weighted by atomic mass is 10.2. The molecule has 0 aliphatic rings. The number of pyridine rings is 2. The van der Waals surface area contributed by atoms with Gasteiger partial charge in [-0.15, -0.1) is 11.6 Å². The van der Waals surface area contributed by atoms with E-state index in [9.17, 15) is 0 Å². The van der Waals surface area contributed by atoms with Crippen molar-refractivity contribution in [2.45, 2.75) is 5.88 Å². The Labute approximate surface area is 87.6 Å². The lowest BCUT2D eigenvalue weighted by Gasteiger charge is -2.01. The second kappa shape index (κ2) is 4.20. The van der Waals surface area contributed by atoms with Crippen molar-refractivity contribution >= 4 is 11.6 Å². The molecule has 0 spiro atoms. The summed E-state index contributed by atoms with van der Waals surface area (Å²) in [6.45, 7) is 0. The summed E-state index contributed by atoms with van der Waals surface area (Å²) in [7, 11) is 0. The highest BCUT2D eigenvalue weighted by atomic mass is 35.5. The first-order valence-corrected chi connectivity index (χ1v) is 4.86. The molecule has 0 aliphatic heterocycles. The lowest BCUT2D eigenvalue weighted by Crippen LogP contribution is -1.88. The predicted molar refractivity (Wildman–Crippen MR) is 57.0 cm³/mol. The molecule has 0 unspecified atom stereocenters. The summed E-state index contributed by atoms with van der Waals surface area (Å²) in [4.78, 5) is 8.36. The van der Waals surface area contributed by atoms with Crippen molar-refractivity contribution in [1.82, 2.24) is 9.97 Å². The van der Waals surface area contributed by atoms with Crippen molar-refractivity contribution in [3.8, 4) is 11.3 Å². The topological polar surface area (TPSA) is 25.8 Å². The van der Waals surface area contributed by atoms with E-state index in [-0.39, 0.29) is 0 Å². The van der Waals surface area contributed by atoms with E-state index in [2.05, 4.69) is 9.97 Å². The van der Waals surface area contributed by atoms with E-state index in [0.29, 0.717) is 5.88 Å². The highest BCUT2D eigenvalue weighted by Gasteiger charge is 1.98. The smallest absolute Gasteiger partial charge is 0.0706 e. The first-order chi connectivity index (χ1) is 6.90. The number of nitrogens with zero attached hydrogens (tertiary/aromatic N) is 2. The van der Waals surface area contributed by atoms with Crippen molar-refractivity contribution in [2.75, 3.05) is 0 Å². The Bertz CT molecular complexity index is 415. The second-order valence-corrected chi connectivity index (χ2v) is 3.15. The van der Waals surface area contributed by atoms with E-state index in [4.69, 9.17) is 11.6 Å². The van der Waals surface area contributed by atoms with Gasteiger partial charge < -0.3 is 0 Å². The summed E-state index contributed by atoms with van der Waals surface area (Å²) in [6.07, 6.45) is 3.51. The number of hydrogen-bond acceptors (Lipinski definition) is 2. The second-order valence-electron chi connectivity index (χ2n) is 2.88. The van der Waals surface area contributed by atoms with Gasteiger partial charge in [0.1, 0.15) is 0 Å². The van der Waals surface area contributed by atoms with Crippen LogP contribution in [0.4, 0.5) is 0 Å². The summed E-state index contributed by atoms with van der Waals surface area (Å²) in [5, 5.41) is 0. The molecule has 0 aromatic carbocycles. The Balaban J connectivity index is 2.42. The number of hydrogen-bond donors (Lipinski definition) is 0. The lowest BCUT2D eigenvalue weighted by molar-refractivity contribution is 1.17. The number of halogens is 1. The molecule has 2 aromatic heterocycles. The molecule has 0 saturated heterocycles. The van der Waals surface area contributed by atoms with Gasteiger partial charge in [-0.2, -0.15) is 0 Å². The van der Waals surface area contributed by atoms with Crippen LogP contribution in [0.5, 0.6) is 0 Å². The Morgan fingerprint density at radius 1 is 1.07 bits per heavy atom. The van der Waals surface area contributed by atoms with E-state index in [1.54, 1.807) is 12.4 Å². The minimum Gasteiger partial charge on any atom is -0.265 e. The van der Waals surface area contributed by atoms with E-state index < -0.39 is 0 Å². The van der Waals surface area contributed by atoms with Crippen LogP contribution >= 0.6 is 11.6 Å². The van der Waals surface area contributed by atoms with Crippen LogP contribution in [0.3, 0.4) is 0 Å². The van der Waals surface area contributed by atoms with Crippen LogP contribution in [0, 0.1) is 0 Å². The van der Waals surface area contributed by atoms with Crippen LogP contribution in [0.25, 0.3) is 11.3 Å². The number of aromatic nitrogens is 2. The molecule has 2 heterocycles. The van der Waals surface area contributed by atoms with Gasteiger partial charge in [-0.3, -0.25) is 9.97 Å². The van der Waals surface area contributed by atoms with Gasteiger partial charge in [0, 0.05) is 18.0 Å². The highest BCUT2D eigenvalue weighted by molar-refractivity contribution is 6.16. The van der Waals surface area contributed by atoms with Crippen LogP contribution in [-0.4, -0.2) is 9.97 Å². The van der Waals surface area contributed by atoms with Gasteiger partial charge in [-0.05, 0) is 24.3 Å². The maximum absolute atomic E-state index is 5.71. The molecule has 14 heavy (non-hydrogen) atoms. The maximum Gasteiger partial charge on any atom is 0.0706 e. The van der Waals surface area contributed by atoms with Gasteiger partial charge in [0.05, 0.1) is 17.3 Å². The quantitative estimate of drug-likeness (QED) is 0.703.